The van der Waals surface area contributed by atoms with E-state index < -0.39 is 17.1 Å². The molecule has 8 nitrogen and oxygen atoms in total. The van der Waals surface area contributed by atoms with Gasteiger partial charge in [0.05, 0.1) is 14.2 Å². The van der Waals surface area contributed by atoms with E-state index in [9.17, 15) is 14.4 Å². The van der Waals surface area contributed by atoms with Crippen molar-refractivity contribution in [1.29, 1.82) is 0 Å². The average molecular weight is 723 g/mol. The molecule has 0 heterocycles. The predicted octanol–water partition coefficient (Wildman–Crippen LogP) is 8.35. The monoisotopic (exact) mass is 721 g/mol. The molecule has 1 unspecified atom stereocenters. The predicted molar refractivity (Wildman–Crippen MR) is 194 cm³/mol. The third kappa shape index (κ3) is 9.37. The standard InChI is InChI=1S/C38H32BrN3O5S/c1-46-31-21-30(22-32(24-31)47-2)41-38(45)35(26-12-5-3-6-13-26)48-33-18-10-17-29(23-33)40-37(44)34(20-25-11-9-16-28(39)19-25)42-36(43)27-14-7-4-8-15-27/h3-24,35H,1-2H3,(H,40,44)(H,41,45)(H,42,43)/b34-20+. The lowest BCUT2D eigenvalue weighted by Crippen LogP contribution is -2.30. The Bertz CT molecular complexity index is 1910. The summed E-state index contributed by atoms with van der Waals surface area (Å²) in [6.45, 7) is 0. The summed E-state index contributed by atoms with van der Waals surface area (Å²) >= 11 is 4.79. The van der Waals surface area contributed by atoms with Gasteiger partial charge in [0.25, 0.3) is 11.8 Å². The van der Waals surface area contributed by atoms with E-state index in [4.69, 9.17) is 9.47 Å². The number of anilines is 2. The Morgan fingerprint density at radius 1 is 0.708 bits per heavy atom. The molecule has 0 aliphatic carbocycles. The minimum Gasteiger partial charge on any atom is -0.497 e. The van der Waals surface area contributed by atoms with E-state index in [0.717, 1.165) is 20.5 Å². The van der Waals surface area contributed by atoms with Gasteiger partial charge in [-0.25, -0.2) is 0 Å². The molecule has 0 fully saturated rings. The first-order valence-electron chi connectivity index (χ1n) is 14.8. The molecule has 0 bridgehead atoms. The van der Waals surface area contributed by atoms with Crippen LogP contribution in [-0.4, -0.2) is 31.9 Å². The van der Waals surface area contributed by atoms with Crippen molar-refractivity contribution in [2.45, 2.75) is 10.1 Å². The number of ether oxygens (including phenoxy) is 2. The Balaban J connectivity index is 1.38. The molecule has 0 saturated carbocycles. The fraction of sp³-hybridized carbons (Fsp3) is 0.0789. The van der Waals surface area contributed by atoms with Crippen molar-refractivity contribution in [3.63, 3.8) is 0 Å². The largest absolute Gasteiger partial charge is 0.497 e. The second-order valence-corrected chi connectivity index (χ2v) is 12.5. The SMILES string of the molecule is COc1cc(NC(=O)C(Sc2cccc(NC(=O)/C(=C\c3cccc(Br)c3)NC(=O)c3ccccc3)c2)c2ccccc2)cc(OC)c1. The summed E-state index contributed by atoms with van der Waals surface area (Å²) < 4.78 is 11.6. The third-order valence-corrected chi connectivity index (χ3v) is 8.74. The van der Waals surface area contributed by atoms with Gasteiger partial charge < -0.3 is 25.4 Å². The lowest BCUT2D eigenvalue weighted by atomic mass is 10.1. The van der Waals surface area contributed by atoms with Crippen molar-refractivity contribution < 1.29 is 23.9 Å². The van der Waals surface area contributed by atoms with Crippen LogP contribution in [0.4, 0.5) is 11.4 Å². The Morgan fingerprint density at radius 2 is 1.38 bits per heavy atom. The summed E-state index contributed by atoms with van der Waals surface area (Å²) in [5.41, 5.74) is 3.02. The van der Waals surface area contributed by atoms with Gasteiger partial charge in [0.1, 0.15) is 22.4 Å². The fourth-order valence-corrected chi connectivity index (χ4v) is 6.18. The van der Waals surface area contributed by atoms with E-state index in [1.807, 2.05) is 66.7 Å². The van der Waals surface area contributed by atoms with E-state index >= 15 is 0 Å². The third-order valence-electron chi connectivity index (χ3n) is 6.99. The number of amides is 3. The normalized spacial score (nSPS) is 11.6. The zero-order valence-corrected chi connectivity index (χ0v) is 28.5. The Labute approximate surface area is 291 Å². The number of rotatable bonds is 12. The van der Waals surface area contributed by atoms with Crippen LogP contribution in [0.2, 0.25) is 0 Å². The van der Waals surface area contributed by atoms with E-state index in [1.54, 1.807) is 81.0 Å². The molecule has 5 aromatic rings. The molecule has 0 aromatic heterocycles. The van der Waals surface area contributed by atoms with Gasteiger partial charge in [-0.15, -0.1) is 11.8 Å². The van der Waals surface area contributed by atoms with Crippen LogP contribution in [0.3, 0.4) is 0 Å². The lowest BCUT2D eigenvalue weighted by Gasteiger charge is -2.18. The fourth-order valence-electron chi connectivity index (χ4n) is 4.68. The summed E-state index contributed by atoms with van der Waals surface area (Å²) in [4.78, 5) is 41.2. The summed E-state index contributed by atoms with van der Waals surface area (Å²) in [5, 5.41) is 8.03. The number of halogens is 1. The second-order valence-electron chi connectivity index (χ2n) is 10.4. The molecule has 0 saturated heterocycles. The van der Waals surface area contributed by atoms with Crippen LogP contribution in [0.1, 0.15) is 26.7 Å². The minimum absolute atomic E-state index is 0.0651. The number of methoxy groups -OCH3 is 2. The zero-order chi connectivity index (χ0) is 33.9. The summed E-state index contributed by atoms with van der Waals surface area (Å²) in [7, 11) is 3.09. The zero-order valence-electron chi connectivity index (χ0n) is 26.1. The average Bonchev–Trinajstić information content (AvgIpc) is 3.11. The molecular weight excluding hydrogens is 690 g/mol. The molecule has 0 spiro atoms. The quantitative estimate of drug-likeness (QED) is 0.0884. The van der Waals surface area contributed by atoms with Gasteiger partial charge in [0.15, 0.2) is 0 Å². The topological polar surface area (TPSA) is 106 Å². The van der Waals surface area contributed by atoms with Gasteiger partial charge in [-0.2, -0.15) is 0 Å². The highest BCUT2D eigenvalue weighted by Gasteiger charge is 2.23. The Kier molecular flexibility index (Phi) is 11.7. The lowest BCUT2D eigenvalue weighted by molar-refractivity contribution is -0.116. The van der Waals surface area contributed by atoms with Gasteiger partial charge in [-0.1, -0.05) is 82.7 Å². The maximum atomic E-state index is 13.8. The number of benzene rings is 5. The highest BCUT2D eigenvalue weighted by atomic mass is 79.9. The number of carbonyl (C=O) groups is 3. The van der Waals surface area contributed by atoms with Gasteiger partial charge in [0, 0.05) is 44.5 Å². The Hall–Kier alpha value is -5.32. The summed E-state index contributed by atoms with van der Waals surface area (Å²) in [6.07, 6.45) is 1.61. The van der Waals surface area contributed by atoms with Crippen molar-refractivity contribution in [2.24, 2.45) is 0 Å². The van der Waals surface area contributed by atoms with Gasteiger partial charge >= 0.3 is 0 Å². The minimum atomic E-state index is -0.633. The van der Waals surface area contributed by atoms with Crippen molar-refractivity contribution in [3.05, 3.63) is 154 Å². The van der Waals surface area contributed by atoms with Gasteiger partial charge in [0.2, 0.25) is 5.91 Å². The number of thioether (sulfide) groups is 1. The maximum absolute atomic E-state index is 13.8. The molecule has 0 aliphatic rings. The molecule has 3 N–H and O–H groups in total. The molecule has 3 amide bonds. The van der Waals surface area contributed by atoms with Crippen LogP contribution < -0.4 is 25.4 Å². The van der Waals surface area contributed by atoms with Gasteiger partial charge in [-0.3, -0.25) is 14.4 Å². The van der Waals surface area contributed by atoms with Crippen LogP contribution >= 0.6 is 27.7 Å². The van der Waals surface area contributed by atoms with Crippen molar-refractivity contribution >= 4 is 62.9 Å². The van der Waals surface area contributed by atoms with Crippen LogP contribution in [0.15, 0.2) is 142 Å². The highest BCUT2D eigenvalue weighted by molar-refractivity contribution is 9.10. The molecule has 1 atom stereocenters. The van der Waals surface area contributed by atoms with E-state index in [-0.39, 0.29) is 11.6 Å². The van der Waals surface area contributed by atoms with E-state index in [1.165, 1.54) is 11.8 Å². The smallest absolute Gasteiger partial charge is 0.272 e. The number of hydrogen-bond acceptors (Lipinski definition) is 6. The number of carbonyl (C=O) groups excluding carboxylic acids is 3. The van der Waals surface area contributed by atoms with Crippen molar-refractivity contribution in [1.82, 2.24) is 5.32 Å². The molecule has 5 rings (SSSR count). The second kappa shape index (κ2) is 16.5. The number of nitrogens with one attached hydrogen (secondary N) is 3. The van der Waals surface area contributed by atoms with E-state index in [0.29, 0.717) is 28.4 Å². The molecular formula is C38H32BrN3O5S. The Morgan fingerprint density at radius 3 is 2.04 bits per heavy atom. The van der Waals surface area contributed by atoms with Crippen LogP contribution in [0.25, 0.3) is 6.08 Å². The molecule has 0 aliphatic heterocycles. The first-order chi connectivity index (χ1) is 23.3. The molecule has 0 radical (unpaired) electrons. The van der Waals surface area contributed by atoms with Gasteiger partial charge in [-0.05, 0) is 59.7 Å². The van der Waals surface area contributed by atoms with E-state index in [2.05, 4.69) is 31.9 Å². The first kappa shape index (κ1) is 34.0. The van der Waals surface area contributed by atoms with Crippen LogP contribution in [0.5, 0.6) is 11.5 Å². The first-order valence-corrected chi connectivity index (χ1v) is 16.5. The molecule has 242 valence electrons. The van der Waals surface area contributed by atoms with Crippen molar-refractivity contribution in [2.75, 3.05) is 24.9 Å². The highest BCUT2D eigenvalue weighted by Crippen LogP contribution is 2.38. The summed E-state index contributed by atoms with van der Waals surface area (Å²) in [5.74, 6) is -0.0817. The maximum Gasteiger partial charge on any atom is 0.272 e. The summed E-state index contributed by atoms with van der Waals surface area (Å²) in [6, 6.07) is 37.9. The number of hydrogen-bond donors (Lipinski definition) is 3. The van der Waals surface area contributed by atoms with Crippen LogP contribution in [-0.2, 0) is 9.59 Å². The van der Waals surface area contributed by atoms with Crippen molar-refractivity contribution in [3.8, 4) is 11.5 Å². The van der Waals surface area contributed by atoms with Crippen LogP contribution in [0, 0.1) is 0 Å². The molecule has 10 heteroatoms. The molecule has 48 heavy (non-hydrogen) atoms. The molecule has 5 aromatic carbocycles.